The summed E-state index contributed by atoms with van der Waals surface area (Å²) in [7, 11) is -0.909. The first-order chi connectivity index (χ1) is 12.1. The normalized spacial score (nSPS) is 11.5. The molecule has 26 heavy (non-hydrogen) atoms. The molecule has 140 valence electrons. The predicted molar refractivity (Wildman–Crippen MR) is 103 cm³/mol. The number of halogens is 2. The van der Waals surface area contributed by atoms with E-state index in [9.17, 15) is 13.2 Å². The van der Waals surface area contributed by atoms with Crippen LogP contribution in [0, 0.1) is 0 Å². The van der Waals surface area contributed by atoms with E-state index in [2.05, 4.69) is 5.32 Å². The van der Waals surface area contributed by atoms with E-state index < -0.39 is 15.9 Å². The van der Waals surface area contributed by atoms with Gasteiger partial charge in [0.2, 0.25) is 10.0 Å². The highest BCUT2D eigenvalue weighted by atomic mass is 35.5. The average Bonchev–Trinajstić information content (AvgIpc) is 2.55. The van der Waals surface area contributed by atoms with Crippen molar-refractivity contribution in [1.82, 2.24) is 4.31 Å². The molecule has 0 fully saturated rings. The van der Waals surface area contributed by atoms with Gasteiger partial charge < -0.3 is 10.1 Å². The Balaban J connectivity index is 2.40. The number of carbonyl (C=O) groups excluding carboxylic acids is 1. The lowest BCUT2D eigenvalue weighted by Gasteiger charge is -2.16. The Morgan fingerprint density at radius 2 is 1.73 bits per heavy atom. The fourth-order valence-electron chi connectivity index (χ4n) is 2.15. The number of amides is 1. The third-order valence-corrected chi connectivity index (χ3v) is 5.66. The molecule has 2 rings (SSSR count). The van der Waals surface area contributed by atoms with Gasteiger partial charge in [-0.3, -0.25) is 4.79 Å². The zero-order valence-corrected chi connectivity index (χ0v) is 16.7. The van der Waals surface area contributed by atoms with E-state index in [4.69, 9.17) is 27.9 Å². The standard InChI is InChI=1S/C17H18Cl2N2O4S/c1-4-25-15-6-5-14(10-16(15)26(23,24)21(2)3)20-17(22)11-7-12(18)9-13(19)8-11/h5-10H,4H2,1-3H3,(H,20,22). The van der Waals surface area contributed by atoms with Crippen LogP contribution in [0.5, 0.6) is 5.75 Å². The molecule has 2 aromatic carbocycles. The molecule has 0 heterocycles. The lowest BCUT2D eigenvalue weighted by atomic mass is 10.2. The van der Waals surface area contributed by atoms with Gasteiger partial charge >= 0.3 is 0 Å². The maximum Gasteiger partial charge on any atom is 0.255 e. The smallest absolute Gasteiger partial charge is 0.255 e. The Morgan fingerprint density at radius 1 is 1.12 bits per heavy atom. The number of ether oxygens (including phenoxy) is 1. The van der Waals surface area contributed by atoms with Crippen LogP contribution in [0.15, 0.2) is 41.3 Å². The van der Waals surface area contributed by atoms with Gasteiger partial charge in [-0.25, -0.2) is 12.7 Å². The molecule has 0 spiro atoms. The third kappa shape index (κ3) is 4.67. The molecule has 1 amide bonds. The van der Waals surface area contributed by atoms with Crippen molar-refractivity contribution in [1.29, 1.82) is 0 Å². The number of carbonyl (C=O) groups is 1. The van der Waals surface area contributed by atoms with Gasteiger partial charge in [0.05, 0.1) is 6.61 Å². The van der Waals surface area contributed by atoms with Crippen molar-refractivity contribution < 1.29 is 17.9 Å². The highest BCUT2D eigenvalue weighted by Gasteiger charge is 2.23. The van der Waals surface area contributed by atoms with E-state index in [0.29, 0.717) is 22.3 Å². The van der Waals surface area contributed by atoms with E-state index in [0.717, 1.165) is 4.31 Å². The minimum absolute atomic E-state index is 0.0359. The van der Waals surface area contributed by atoms with Crippen LogP contribution in [0.4, 0.5) is 5.69 Å². The van der Waals surface area contributed by atoms with Gasteiger partial charge in [-0.1, -0.05) is 23.2 Å². The van der Waals surface area contributed by atoms with Crippen LogP contribution in [0.1, 0.15) is 17.3 Å². The largest absolute Gasteiger partial charge is 0.492 e. The molecule has 0 aliphatic rings. The van der Waals surface area contributed by atoms with Gasteiger partial charge in [0.25, 0.3) is 5.91 Å². The van der Waals surface area contributed by atoms with Crippen molar-refractivity contribution >= 4 is 44.8 Å². The fraction of sp³-hybridized carbons (Fsp3) is 0.235. The van der Waals surface area contributed by atoms with Gasteiger partial charge in [0.15, 0.2) is 0 Å². The van der Waals surface area contributed by atoms with Crippen LogP contribution in [-0.4, -0.2) is 39.3 Å². The van der Waals surface area contributed by atoms with Gasteiger partial charge in [0, 0.05) is 35.4 Å². The minimum atomic E-state index is -3.75. The number of nitrogens with one attached hydrogen (secondary N) is 1. The number of anilines is 1. The maximum atomic E-state index is 12.5. The molecule has 0 saturated carbocycles. The molecular weight excluding hydrogens is 399 g/mol. The molecule has 0 bridgehead atoms. The lowest BCUT2D eigenvalue weighted by molar-refractivity contribution is 0.102. The summed E-state index contributed by atoms with van der Waals surface area (Å²) in [4.78, 5) is 12.4. The van der Waals surface area contributed by atoms with Crippen molar-refractivity contribution in [3.8, 4) is 5.75 Å². The third-order valence-electron chi connectivity index (χ3n) is 3.38. The Labute approximate surface area is 162 Å². The summed E-state index contributed by atoms with van der Waals surface area (Å²) in [6.07, 6.45) is 0. The Morgan fingerprint density at radius 3 is 2.27 bits per heavy atom. The molecular formula is C17H18Cl2N2O4S. The zero-order chi connectivity index (χ0) is 19.5. The van der Waals surface area contributed by atoms with Gasteiger partial charge in [-0.2, -0.15) is 0 Å². The minimum Gasteiger partial charge on any atom is -0.492 e. The van der Waals surface area contributed by atoms with Crippen LogP contribution in [-0.2, 0) is 10.0 Å². The first-order valence-electron chi connectivity index (χ1n) is 7.62. The Hall–Kier alpha value is -1.80. The van der Waals surface area contributed by atoms with Crippen LogP contribution in [0.3, 0.4) is 0 Å². The predicted octanol–water partition coefficient (Wildman–Crippen LogP) is 3.89. The molecule has 0 atom stereocenters. The van der Waals surface area contributed by atoms with E-state index in [-0.39, 0.29) is 16.2 Å². The number of sulfonamides is 1. The molecule has 6 nitrogen and oxygen atoms in total. The number of hydrogen-bond donors (Lipinski definition) is 1. The Bertz CT molecular complexity index is 910. The summed E-state index contributed by atoms with van der Waals surface area (Å²) in [5.74, 6) is -0.253. The monoisotopic (exact) mass is 416 g/mol. The quantitative estimate of drug-likeness (QED) is 0.774. The van der Waals surface area contributed by atoms with Gasteiger partial charge in [-0.05, 0) is 43.3 Å². The van der Waals surface area contributed by atoms with Crippen molar-refractivity contribution in [2.75, 3.05) is 26.0 Å². The van der Waals surface area contributed by atoms with Gasteiger partial charge in [-0.15, -0.1) is 0 Å². The molecule has 0 aliphatic carbocycles. The van der Waals surface area contributed by atoms with Crippen LogP contribution in [0.2, 0.25) is 10.0 Å². The second-order valence-corrected chi connectivity index (χ2v) is 8.49. The van der Waals surface area contributed by atoms with Gasteiger partial charge in [0.1, 0.15) is 10.6 Å². The van der Waals surface area contributed by atoms with Crippen molar-refractivity contribution in [2.24, 2.45) is 0 Å². The molecule has 2 aromatic rings. The second kappa shape index (κ2) is 8.26. The molecule has 9 heteroatoms. The topological polar surface area (TPSA) is 75.7 Å². The number of benzene rings is 2. The van der Waals surface area contributed by atoms with Crippen LogP contribution < -0.4 is 10.1 Å². The van der Waals surface area contributed by atoms with Crippen molar-refractivity contribution in [2.45, 2.75) is 11.8 Å². The molecule has 0 aromatic heterocycles. The van der Waals surface area contributed by atoms with E-state index >= 15 is 0 Å². The summed E-state index contributed by atoms with van der Waals surface area (Å²) < 4.78 is 31.5. The van der Waals surface area contributed by atoms with Crippen LogP contribution >= 0.6 is 23.2 Å². The maximum absolute atomic E-state index is 12.5. The summed E-state index contributed by atoms with van der Waals surface area (Å²) in [5.41, 5.74) is 0.559. The summed E-state index contributed by atoms with van der Waals surface area (Å²) in [5, 5.41) is 3.29. The first-order valence-corrected chi connectivity index (χ1v) is 9.81. The summed E-state index contributed by atoms with van der Waals surface area (Å²) in [6.45, 7) is 2.06. The highest BCUT2D eigenvalue weighted by molar-refractivity contribution is 7.89. The zero-order valence-electron chi connectivity index (χ0n) is 14.4. The van der Waals surface area contributed by atoms with E-state index in [1.807, 2.05) is 0 Å². The Kier molecular flexibility index (Phi) is 6.52. The SMILES string of the molecule is CCOc1ccc(NC(=O)c2cc(Cl)cc(Cl)c2)cc1S(=O)(=O)N(C)C. The van der Waals surface area contributed by atoms with Crippen LogP contribution in [0.25, 0.3) is 0 Å². The first kappa shape index (κ1) is 20.5. The van der Waals surface area contributed by atoms with Crippen molar-refractivity contribution in [3.05, 3.63) is 52.0 Å². The second-order valence-electron chi connectivity index (χ2n) is 5.49. The van der Waals surface area contributed by atoms with E-state index in [1.54, 1.807) is 13.0 Å². The van der Waals surface area contributed by atoms with Crippen molar-refractivity contribution in [3.63, 3.8) is 0 Å². The number of rotatable bonds is 6. The molecule has 0 unspecified atom stereocenters. The fourth-order valence-corrected chi connectivity index (χ4v) is 3.72. The summed E-state index contributed by atoms with van der Waals surface area (Å²) >= 11 is 11.8. The lowest BCUT2D eigenvalue weighted by Crippen LogP contribution is -2.23. The summed E-state index contributed by atoms with van der Waals surface area (Å²) in [6, 6.07) is 8.86. The van der Waals surface area contributed by atoms with E-state index in [1.165, 1.54) is 44.4 Å². The molecule has 1 N–H and O–H groups in total. The molecule has 0 aliphatic heterocycles. The number of hydrogen-bond acceptors (Lipinski definition) is 4. The highest BCUT2D eigenvalue weighted by Crippen LogP contribution is 2.29. The average molecular weight is 417 g/mol. The molecule has 0 radical (unpaired) electrons. The molecule has 0 saturated heterocycles. The number of nitrogens with zero attached hydrogens (tertiary/aromatic N) is 1.